The summed E-state index contributed by atoms with van der Waals surface area (Å²) in [6, 6.07) is 29.7. The van der Waals surface area contributed by atoms with Gasteiger partial charge in [-0.05, 0) is 56.6 Å². The number of benzene rings is 4. The first-order chi connectivity index (χ1) is 22.0. The quantitative estimate of drug-likeness (QED) is 0.0770. The number of pyridine rings is 1. The topological polar surface area (TPSA) is 50.2 Å². The van der Waals surface area contributed by atoms with Gasteiger partial charge in [-0.1, -0.05) is 137 Å². The molecule has 0 saturated heterocycles. The summed E-state index contributed by atoms with van der Waals surface area (Å²) in [6.45, 7) is 22.8. The molecule has 0 aliphatic carbocycles. The first-order valence-corrected chi connectivity index (χ1v) is 16.9. The Kier molecular flexibility index (Phi) is 12.4. The Morgan fingerprint density at radius 3 is 1.94 bits per heavy atom. The van der Waals surface area contributed by atoms with Crippen LogP contribution in [0, 0.1) is 30.7 Å². The third kappa shape index (κ3) is 8.52. The number of fused-ring (bicyclic) bond motifs is 3. The molecule has 4 aromatic carbocycles. The van der Waals surface area contributed by atoms with Crippen molar-refractivity contribution in [3.05, 3.63) is 114 Å². The Hall–Kier alpha value is -3.59. The zero-order valence-corrected chi connectivity index (χ0v) is 33.0. The van der Waals surface area contributed by atoms with E-state index in [0.29, 0.717) is 0 Å². The molecule has 0 fully saturated rings. The average molecular weight is 819 g/mol. The fourth-order valence-corrected chi connectivity index (χ4v) is 5.67. The van der Waals surface area contributed by atoms with Crippen LogP contribution in [0.25, 0.3) is 43.9 Å². The van der Waals surface area contributed by atoms with Crippen LogP contribution in [0.4, 0.5) is 0 Å². The van der Waals surface area contributed by atoms with Gasteiger partial charge in [-0.25, -0.2) is 0 Å². The Morgan fingerprint density at radius 1 is 0.792 bits per heavy atom. The van der Waals surface area contributed by atoms with Gasteiger partial charge in [-0.15, -0.1) is 34.9 Å². The predicted octanol–water partition coefficient (Wildman–Crippen LogP) is 12.3. The molecule has 4 heteroatoms. The van der Waals surface area contributed by atoms with Crippen molar-refractivity contribution in [2.75, 3.05) is 0 Å². The van der Waals surface area contributed by atoms with Crippen molar-refractivity contribution in [3.8, 4) is 22.4 Å². The first kappa shape index (κ1) is 38.9. The average Bonchev–Trinajstić information content (AvgIpc) is 3.03. The number of carbonyl (C=O) groups excluding carboxylic acids is 1. The molecule has 1 aromatic heterocycles. The van der Waals surface area contributed by atoms with Gasteiger partial charge in [0, 0.05) is 48.8 Å². The standard InChI is InChI=1S/C31H28N.C13H24O2.Ir/c1-20-15-21(2)17-23(16-20)30-29-25-14-10-9-13-24(25)28(31(3,4)5)18-26(29)27(19-32-30)22-11-7-6-8-12-22;1-7-12(3,4)10(14)9-11(15)13(5,6)8-2;/h6-16,18-19H,1-5H3;9,14H,7-8H2,1-6H3;/q-1;;/b;10-9-;. The summed E-state index contributed by atoms with van der Waals surface area (Å²) in [6.07, 6.45) is 5.03. The van der Waals surface area contributed by atoms with E-state index in [2.05, 4.69) is 113 Å². The SMILES string of the molecule is CCC(C)(C)C(=O)/C=C(\O)C(C)(C)CC.Cc1[c-]c(-c2ncc(-c3ccccc3)c3cc(C(C)(C)C)c4ccccc4c23)cc(C)c1.[Ir]. The molecule has 1 radical (unpaired) electrons. The van der Waals surface area contributed by atoms with Crippen LogP contribution in [0.15, 0.2) is 90.8 Å². The molecule has 0 saturated carbocycles. The van der Waals surface area contributed by atoms with Crippen molar-refractivity contribution in [1.82, 2.24) is 4.98 Å². The maximum Gasteiger partial charge on any atom is 0.164 e. The summed E-state index contributed by atoms with van der Waals surface area (Å²) < 4.78 is 0. The number of rotatable bonds is 7. The van der Waals surface area contributed by atoms with E-state index in [1.165, 1.54) is 49.9 Å². The number of carbonyl (C=O) groups is 1. The van der Waals surface area contributed by atoms with Crippen LogP contribution < -0.4 is 0 Å². The van der Waals surface area contributed by atoms with E-state index in [-0.39, 0.29) is 47.9 Å². The molecule has 0 aliphatic rings. The smallest absolute Gasteiger partial charge is 0.164 e. The van der Waals surface area contributed by atoms with Crippen molar-refractivity contribution >= 4 is 27.3 Å². The van der Waals surface area contributed by atoms with Gasteiger partial charge in [0.2, 0.25) is 0 Å². The molecule has 0 aliphatic heterocycles. The number of hydrogen-bond acceptors (Lipinski definition) is 3. The maximum absolute atomic E-state index is 11.8. The van der Waals surface area contributed by atoms with E-state index >= 15 is 0 Å². The second kappa shape index (κ2) is 15.3. The Balaban J connectivity index is 0.000000334. The number of aromatic nitrogens is 1. The van der Waals surface area contributed by atoms with Gasteiger partial charge in [0.15, 0.2) is 5.78 Å². The summed E-state index contributed by atoms with van der Waals surface area (Å²) in [5.41, 5.74) is 7.49. The van der Waals surface area contributed by atoms with Gasteiger partial charge >= 0.3 is 0 Å². The summed E-state index contributed by atoms with van der Waals surface area (Å²) in [4.78, 5) is 16.9. The number of allylic oxidation sites excluding steroid dienone is 2. The monoisotopic (exact) mass is 819 g/mol. The van der Waals surface area contributed by atoms with Crippen LogP contribution in [-0.2, 0) is 30.3 Å². The second-order valence-electron chi connectivity index (χ2n) is 15.2. The first-order valence-electron chi connectivity index (χ1n) is 16.9. The molecule has 48 heavy (non-hydrogen) atoms. The van der Waals surface area contributed by atoms with Crippen molar-refractivity contribution in [2.24, 2.45) is 10.8 Å². The fraction of sp³-hybridized carbons (Fsp3) is 0.364. The minimum absolute atomic E-state index is 0. The van der Waals surface area contributed by atoms with Crippen molar-refractivity contribution in [1.29, 1.82) is 0 Å². The normalized spacial score (nSPS) is 12.4. The van der Waals surface area contributed by atoms with Crippen molar-refractivity contribution in [2.45, 2.75) is 94.4 Å². The molecule has 5 rings (SSSR count). The van der Waals surface area contributed by atoms with E-state index in [4.69, 9.17) is 4.98 Å². The van der Waals surface area contributed by atoms with Crippen LogP contribution in [0.2, 0.25) is 0 Å². The van der Waals surface area contributed by atoms with Crippen LogP contribution in [-0.4, -0.2) is 15.9 Å². The minimum atomic E-state index is -0.377. The summed E-state index contributed by atoms with van der Waals surface area (Å²) in [7, 11) is 0. The van der Waals surface area contributed by atoms with Gasteiger partial charge in [0.1, 0.15) is 5.76 Å². The van der Waals surface area contributed by atoms with Gasteiger partial charge in [-0.3, -0.25) is 4.79 Å². The van der Waals surface area contributed by atoms with E-state index in [9.17, 15) is 9.90 Å². The molecule has 0 atom stereocenters. The van der Waals surface area contributed by atoms with Crippen LogP contribution in [0.3, 0.4) is 0 Å². The summed E-state index contributed by atoms with van der Waals surface area (Å²) in [5, 5.41) is 14.8. The van der Waals surface area contributed by atoms with Crippen LogP contribution in [0.1, 0.15) is 91.8 Å². The molecular weight excluding hydrogens is 767 g/mol. The molecule has 0 spiro atoms. The third-order valence-corrected chi connectivity index (χ3v) is 9.59. The predicted molar refractivity (Wildman–Crippen MR) is 201 cm³/mol. The zero-order chi connectivity index (χ0) is 34.7. The molecule has 1 N–H and O–H groups in total. The van der Waals surface area contributed by atoms with E-state index < -0.39 is 0 Å². The molecule has 0 bridgehead atoms. The zero-order valence-electron chi connectivity index (χ0n) is 30.6. The molecule has 0 unspecified atom stereocenters. The van der Waals surface area contributed by atoms with Crippen LogP contribution >= 0.6 is 0 Å². The Bertz CT molecular complexity index is 1910. The number of ketones is 1. The summed E-state index contributed by atoms with van der Waals surface area (Å²) >= 11 is 0. The third-order valence-electron chi connectivity index (χ3n) is 9.59. The molecule has 5 aromatic rings. The van der Waals surface area contributed by atoms with Crippen LogP contribution in [0.5, 0.6) is 0 Å². The Labute approximate surface area is 302 Å². The maximum atomic E-state index is 11.8. The number of aryl methyl sites for hydroxylation is 2. The van der Waals surface area contributed by atoms with Crippen molar-refractivity contribution in [3.63, 3.8) is 0 Å². The molecule has 255 valence electrons. The molecule has 3 nitrogen and oxygen atoms in total. The number of hydrogen-bond donors (Lipinski definition) is 1. The second-order valence-corrected chi connectivity index (χ2v) is 15.2. The van der Waals surface area contributed by atoms with Gasteiger partial charge in [-0.2, -0.15) is 0 Å². The Morgan fingerprint density at radius 2 is 1.38 bits per heavy atom. The van der Waals surface area contributed by atoms with Gasteiger partial charge < -0.3 is 10.1 Å². The largest absolute Gasteiger partial charge is 0.512 e. The molecule has 0 amide bonds. The minimum Gasteiger partial charge on any atom is -0.512 e. The van der Waals surface area contributed by atoms with Crippen molar-refractivity contribution < 1.29 is 30.0 Å². The number of nitrogens with zero attached hydrogens (tertiary/aromatic N) is 1. The van der Waals surface area contributed by atoms with E-state index in [1.807, 2.05) is 47.7 Å². The number of aliphatic hydroxyl groups excluding tert-OH is 1. The number of aliphatic hydroxyl groups is 1. The fourth-order valence-electron chi connectivity index (χ4n) is 5.67. The molecular formula is C44H52IrNO2-. The van der Waals surface area contributed by atoms with Gasteiger partial charge in [0.05, 0.1) is 0 Å². The molecule has 1 heterocycles. The van der Waals surface area contributed by atoms with Gasteiger partial charge in [0.25, 0.3) is 0 Å². The van der Waals surface area contributed by atoms with E-state index in [0.717, 1.165) is 29.7 Å². The summed E-state index contributed by atoms with van der Waals surface area (Å²) in [5.74, 6) is 0.195. The van der Waals surface area contributed by atoms with E-state index in [1.54, 1.807) is 0 Å².